The van der Waals surface area contributed by atoms with Crippen LogP contribution in [-0.4, -0.2) is 23.2 Å². The molecule has 0 radical (unpaired) electrons. The Labute approximate surface area is 182 Å². The van der Waals surface area contributed by atoms with Crippen molar-refractivity contribution in [1.29, 1.82) is 0 Å². The number of carbonyl (C=O) groups is 2. The first kappa shape index (κ1) is 21.9. The molecule has 0 atom stereocenters. The fourth-order valence-electron chi connectivity index (χ4n) is 1.94. The molecule has 2 heterocycles. The van der Waals surface area contributed by atoms with E-state index in [4.69, 9.17) is 0 Å². The Bertz CT molecular complexity index is 804. The van der Waals surface area contributed by atoms with Gasteiger partial charge in [0.05, 0.1) is 28.8 Å². The molecule has 6 nitrogen and oxygen atoms in total. The molecule has 0 unspecified atom stereocenters. The molecule has 0 aliphatic rings. The monoisotopic (exact) mass is 532 g/mol. The molecule has 2 aromatic heterocycles. The van der Waals surface area contributed by atoms with Gasteiger partial charge in [-0.2, -0.15) is 10.2 Å². The van der Waals surface area contributed by atoms with E-state index >= 15 is 0 Å². The number of nitrogens with zero attached hydrogens (tertiary/aromatic N) is 2. The van der Waals surface area contributed by atoms with E-state index in [1.807, 2.05) is 38.1 Å². The lowest BCUT2D eigenvalue weighted by Gasteiger charge is -2.02. The van der Waals surface area contributed by atoms with E-state index < -0.39 is 0 Å². The molecule has 0 saturated heterocycles. The molecule has 2 rings (SSSR count). The highest BCUT2D eigenvalue weighted by Gasteiger charge is 2.07. The normalized spacial score (nSPS) is 12.1. The van der Waals surface area contributed by atoms with Crippen LogP contribution in [-0.2, 0) is 9.59 Å². The fraction of sp³-hybridized carbons (Fsp3) is 0.294. The van der Waals surface area contributed by atoms with E-state index in [-0.39, 0.29) is 24.7 Å². The first-order valence-corrected chi connectivity index (χ1v) is 11.2. The molecule has 2 aromatic rings. The van der Waals surface area contributed by atoms with Gasteiger partial charge in [0.25, 0.3) is 0 Å². The highest BCUT2D eigenvalue weighted by Crippen LogP contribution is 2.23. The van der Waals surface area contributed by atoms with E-state index in [0.717, 1.165) is 28.8 Å². The molecule has 10 heteroatoms. The molecule has 27 heavy (non-hydrogen) atoms. The van der Waals surface area contributed by atoms with Crippen molar-refractivity contribution in [2.45, 2.75) is 33.1 Å². The van der Waals surface area contributed by atoms with E-state index in [9.17, 15) is 9.59 Å². The van der Waals surface area contributed by atoms with Gasteiger partial charge in [0.2, 0.25) is 11.8 Å². The van der Waals surface area contributed by atoms with Gasteiger partial charge in [-0.05, 0) is 76.4 Å². The summed E-state index contributed by atoms with van der Waals surface area (Å²) in [6, 6.07) is 7.73. The van der Waals surface area contributed by atoms with Crippen LogP contribution in [0.3, 0.4) is 0 Å². The Balaban J connectivity index is 1.69. The summed E-state index contributed by atoms with van der Waals surface area (Å²) in [5, 5.41) is 8.16. The second-order valence-corrected chi connectivity index (χ2v) is 10.5. The number of amides is 2. The molecule has 0 aromatic carbocycles. The first-order valence-electron chi connectivity index (χ1n) is 8.03. The van der Waals surface area contributed by atoms with E-state index in [1.165, 1.54) is 0 Å². The van der Waals surface area contributed by atoms with Crippen LogP contribution in [0, 0.1) is 0 Å². The predicted molar refractivity (Wildman–Crippen MR) is 119 cm³/mol. The Morgan fingerprint density at radius 1 is 0.852 bits per heavy atom. The van der Waals surface area contributed by atoms with Crippen molar-refractivity contribution in [2.75, 3.05) is 0 Å². The first-order chi connectivity index (χ1) is 12.8. The number of carbonyl (C=O) groups excluding carboxylic acids is 2. The molecule has 144 valence electrons. The van der Waals surface area contributed by atoms with Gasteiger partial charge in [-0.25, -0.2) is 10.9 Å². The maximum atomic E-state index is 11.8. The lowest BCUT2D eigenvalue weighted by molar-refractivity contribution is -0.122. The average Bonchev–Trinajstić information content (AvgIpc) is 3.26. The van der Waals surface area contributed by atoms with Crippen molar-refractivity contribution in [3.8, 4) is 0 Å². The predicted octanol–water partition coefficient (Wildman–Crippen LogP) is 4.89. The third-order valence-electron chi connectivity index (χ3n) is 3.36. The lowest BCUT2D eigenvalue weighted by atomic mass is 10.2. The summed E-state index contributed by atoms with van der Waals surface area (Å²) in [6.07, 6.45) is 0.869. The minimum absolute atomic E-state index is 0.221. The van der Waals surface area contributed by atoms with Gasteiger partial charge < -0.3 is 0 Å². The average molecular weight is 534 g/mol. The molecule has 2 N–H and O–H groups in total. The SMILES string of the molecule is CC(=NNC(=O)CCCC(=O)NN=C(C)c1ccc(Br)s1)c1ccc(Br)s1. The smallest absolute Gasteiger partial charge is 0.240 e. The minimum Gasteiger partial charge on any atom is -0.273 e. The molecular weight excluding hydrogens is 516 g/mol. The molecule has 0 saturated carbocycles. The summed E-state index contributed by atoms with van der Waals surface area (Å²) in [7, 11) is 0. The summed E-state index contributed by atoms with van der Waals surface area (Å²) >= 11 is 9.87. The van der Waals surface area contributed by atoms with Crippen LogP contribution in [0.4, 0.5) is 0 Å². The van der Waals surface area contributed by atoms with Crippen molar-refractivity contribution in [1.82, 2.24) is 10.9 Å². The number of hydrogen-bond acceptors (Lipinski definition) is 6. The largest absolute Gasteiger partial charge is 0.273 e. The topological polar surface area (TPSA) is 82.9 Å². The zero-order chi connectivity index (χ0) is 19.8. The number of thiophene rings is 2. The van der Waals surface area contributed by atoms with Crippen molar-refractivity contribution in [2.24, 2.45) is 10.2 Å². The molecule has 0 spiro atoms. The van der Waals surface area contributed by atoms with Crippen molar-refractivity contribution in [3.63, 3.8) is 0 Å². The maximum Gasteiger partial charge on any atom is 0.240 e. The second-order valence-electron chi connectivity index (χ2n) is 5.53. The molecule has 2 amide bonds. The van der Waals surface area contributed by atoms with Gasteiger partial charge in [0.1, 0.15) is 0 Å². The van der Waals surface area contributed by atoms with Gasteiger partial charge in [-0.15, -0.1) is 22.7 Å². The van der Waals surface area contributed by atoms with Gasteiger partial charge in [-0.1, -0.05) is 0 Å². The summed E-state index contributed by atoms with van der Waals surface area (Å²) in [4.78, 5) is 25.6. The van der Waals surface area contributed by atoms with Crippen molar-refractivity contribution >= 4 is 77.8 Å². The highest BCUT2D eigenvalue weighted by atomic mass is 79.9. The second kappa shape index (κ2) is 10.8. The zero-order valence-electron chi connectivity index (χ0n) is 14.7. The Kier molecular flexibility index (Phi) is 8.81. The summed E-state index contributed by atoms with van der Waals surface area (Å²) < 4.78 is 2.02. The van der Waals surface area contributed by atoms with Crippen LogP contribution in [0.5, 0.6) is 0 Å². The molecule has 0 aliphatic heterocycles. The van der Waals surface area contributed by atoms with Crippen LogP contribution >= 0.6 is 54.5 Å². The van der Waals surface area contributed by atoms with Crippen molar-refractivity contribution < 1.29 is 9.59 Å². The third kappa shape index (κ3) is 7.65. The third-order valence-corrected chi connectivity index (χ3v) is 6.83. The minimum atomic E-state index is -0.221. The standard InChI is InChI=1S/C17H18Br2N4O2S2/c1-10(12-6-8-14(18)26-12)20-22-16(24)4-3-5-17(25)23-21-11(2)13-7-9-15(19)27-13/h6-9H,3-5H2,1-2H3,(H,22,24)(H,23,25). The molecular formula is C17H18Br2N4O2S2. The van der Waals surface area contributed by atoms with E-state index in [1.54, 1.807) is 22.7 Å². The summed E-state index contributed by atoms with van der Waals surface area (Å²) in [5.74, 6) is -0.443. The number of halogens is 2. The maximum absolute atomic E-state index is 11.8. The molecule has 0 aliphatic carbocycles. The number of rotatable bonds is 8. The van der Waals surface area contributed by atoms with Crippen LogP contribution in [0.25, 0.3) is 0 Å². The van der Waals surface area contributed by atoms with E-state index in [2.05, 4.69) is 52.9 Å². The highest BCUT2D eigenvalue weighted by molar-refractivity contribution is 9.11. The summed E-state index contributed by atoms with van der Waals surface area (Å²) in [6.45, 7) is 3.66. The van der Waals surface area contributed by atoms with Crippen LogP contribution in [0.1, 0.15) is 42.9 Å². The van der Waals surface area contributed by atoms with Crippen LogP contribution < -0.4 is 10.9 Å². The van der Waals surface area contributed by atoms with Gasteiger partial charge in [0, 0.05) is 12.8 Å². The van der Waals surface area contributed by atoms with Gasteiger partial charge in [0.15, 0.2) is 0 Å². The number of nitrogens with one attached hydrogen (secondary N) is 2. The van der Waals surface area contributed by atoms with Gasteiger partial charge >= 0.3 is 0 Å². The van der Waals surface area contributed by atoms with Gasteiger partial charge in [-0.3, -0.25) is 9.59 Å². The quantitative estimate of drug-likeness (QED) is 0.374. The molecule has 0 bridgehead atoms. The zero-order valence-corrected chi connectivity index (χ0v) is 19.5. The van der Waals surface area contributed by atoms with E-state index in [0.29, 0.717) is 6.42 Å². The lowest BCUT2D eigenvalue weighted by Crippen LogP contribution is -2.21. The summed E-state index contributed by atoms with van der Waals surface area (Å²) in [5.41, 5.74) is 6.51. The Morgan fingerprint density at radius 3 is 1.59 bits per heavy atom. The van der Waals surface area contributed by atoms with Crippen LogP contribution in [0.2, 0.25) is 0 Å². The number of hydrazone groups is 2. The Morgan fingerprint density at radius 2 is 1.26 bits per heavy atom. The van der Waals surface area contributed by atoms with Crippen LogP contribution in [0.15, 0.2) is 42.0 Å². The fourth-order valence-corrected chi connectivity index (χ4v) is 4.60. The Hall–Kier alpha value is -1.36. The molecule has 0 fully saturated rings. The number of hydrogen-bond donors (Lipinski definition) is 2. The van der Waals surface area contributed by atoms with Crippen molar-refractivity contribution in [3.05, 3.63) is 41.6 Å².